The molecule has 0 radical (unpaired) electrons. The molecular formula is C18H18FN3O. The van der Waals surface area contributed by atoms with Crippen molar-refractivity contribution in [3.05, 3.63) is 60.0 Å². The van der Waals surface area contributed by atoms with E-state index in [2.05, 4.69) is 22.1 Å². The maximum atomic E-state index is 13.7. The average Bonchev–Trinajstić information content (AvgIpc) is 3.00. The molecule has 3 rings (SSSR count). The minimum Gasteiger partial charge on any atom is -0.375 e. The second kappa shape index (κ2) is 6.12. The Bertz CT molecular complexity index is 856. The van der Waals surface area contributed by atoms with Gasteiger partial charge in [0, 0.05) is 35.9 Å². The zero-order valence-corrected chi connectivity index (χ0v) is 13.1. The molecule has 4 nitrogen and oxygen atoms in total. The summed E-state index contributed by atoms with van der Waals surface area (Å²) in [5.41, 5.74) is 2.66. The van der Waals surface area contributed by atoms with Crippen LogP contribution in [0.1, 0.15) is 17.4 Å². The van der Waals surface area contributed by atoms with Gasteiger partial charge in [-0.05, 0) is 43.3 Å². The van der Waals surface area contributed by atoms with Crippen LogP contribution in [-0.2, 0) is 0 Å². The Balaban J connectivity index is 1.84. The summed E-state index contributed by atoms with van der Waals surface area (Å²) < 4.78 is 13.7. The predicted molar refractivity (Wildman–Crippen MR) is 91.6 cm³/mol. The number of amides is 1. The van der Waals surface area contributed by atoms with E-state index in [0.717, 1.165) is 12.2 Å². The van der Waals surface area contributed by atoms with Crippen LogP contribution in [0.2, 0.25) is 0 Å². The number of anilines is 2. The van der Waals surface area contributed by atoms with Gasteiger partial charge in [0.05, 0.1) is 0 Å². The van der Waals surface area contributed by atoms with E-state index in [1.54, 1.807) is 12.1 Å². The van der Waals surface area contributed by atoms with Gasteiger partial charge in [0.15, 0.2) is 0 Å². The van der Waals surface area contributed by atoms with Gasteiger partial charge in [-0.1, -0.05) is 12.1 Å². The van der Waals surface area contributed by atoms with Crippen molar-refractivity contribution in [3.8, 4) is 0 Å². The molecule has 118 valence electrons. The van der Waals surface area contributed by atoms with Crippen LogP contribution in [0.4, 0.5) is 15.8 Å². The molecular weight excluding hydrogens is 293 g/mol. The van der Waals surface area contributed by atoms with Crippen LogP contribution in [0.3, 0.4) is 0 Å². The number of halogens is 1. The minimum absolute atomic E-state index is 0.295. The number of rotatable bonds is 4. The topological polar surface area (TPSA) is 48.1 Å². The van der Waals surface area contributed by atoms with Crippen LogP contribution in [0, 0.1) is 5.82 Å². The standard InChI is InChI=1S/C18H18FN3O/c1-3-22(2)13-7-4-6-12(10-13)20-18(23)17-11-14-15(19)8-5-9-16(14)21-17/h4-11,21H,3H2,1-2H3,(H,20,23). The fraction of sp³-hybridized carbons (Fsp3) is 0.167. The fourth-order valence-electron chi connectivity index (χ4n) is 2.44. The molecule has 3 aromatic rings. The number of carbonyl (C=O) groups excluding carboxylic acids is 1. The first kappa shape index (κ1) is 15.1. The van der Waals surface area contributed by atoms with E-state index in [0.29, 0.717) is 22.3 Å². The number of hydrogen-bond acceptors (Lipinski definition) is 2. The third-order valence-corrected chi connectivity index (χ3v) is 3.87. The number of H-pyrrole nitrogens is 1. The molecule has 1 aromatic heterocycles. The monoisotopic (exact) mass is 311 g/mol. The van der Waals surface area contributed by atoms with E-state index in [4.69, 9.17) is 0 Å². The Hall–Kier alpha value is -2.82. The van der Waals surface area contributed by atoms with Crippen LogP contribution in [0.25, 0.3) is 10.9 Å². The second-order valence-corrected chi connectivity index (χ2v) is 5.40. The van der Waals surface area contributed by atoms with Crippen LogP contribution < -0.4 is 10.2 Å². The molecule has 0 aliphatic rings. The van der Waals surface area contributed by atoms with Gasteiger partial charge in [-0.25, -0.2) is 4.39 Å². The van der Waals surface area contributed by atoms with E-state index in [1.807, 2.05) is 31.3 Å². The molecule has 2 aromatic carbocycles. The molecule has 0 unspecified atom stereocenters. The summed E-state index contributed by atoms with van der Waals surface area (Å²) in [5, 5.41) is 3.25. The molecule has 1 heterocycles. The molecule has 23 heavy (non-hydrogen) atoms. The molecule has 0 saturated carbocycles. The summed E-state index contributed by atoms with van der Waals surface area (Å²) >= 11 is 0. The van der Waals surface area contributed by atoms with Gasteiger partial charge in [-0.3, -0.25) is 4.79 Å². The Morgan fingerprint density at radius 1 is 1.22 bits per heavy atom. The fourth-order valence-corrected chi connectivity index (χ4v) is 2.44. The van der Waals surface area contributed by atoms with Gasteiger partial charge < -0.3 is 15.2 Å². The summed E-state index contributed by atoms with van der Waals surface area (Å²) in [6, 6.07) is 13.9. The molecule has 2 N–H and O–H groups in total. The number of carbonyl (C=O) groups is 1. The summed E-state index contributed by atoms with van der Waals surface area (Å²) in [4.78, 5) is 17.4. The average molecular weight is 311 g/mol. The highest BCUT2D eigenvalue weighted by molar-refractivity contribution is 6.06. The van der Waals surface area contributed by atoms with Crippen LogP contribution in [0.15, 0.2) is 48.5 Å². The largest absolute Gasteiger partial charge is 0.375 e. The highest BCUT2D eigenvalue weighted by Crippen LogP contribution is 2.21. The van der Waals surface area contributed by atoms with Crippen LogP contribution in [0.5, 0.6) is 0 Å². The molecule has 0 aliphatic heterocycles. The van der Waals surface area contributed by atoms with Gasteiger partial charge in [0.2, 0.25) is 0 Å². The SMILES string of the molecule is CCN(C)c1cccc(NC(=O)c2cc3c(F)cccc3[nH]2)c1. The van der Waals surface area contributed by atoms with Crippen molar-refractivity contribution >= 4 is 28.2 Å². The zero-order chi connectivity index (χ0) is 16.4. The Morgan fingerprint density at radius 3 is 2.74 bits per heavy atom. The van der Waals surface area contributed by atoms with Crippen molar-refractivity contribution in [2.24, 2.45) is 0 Å². The van der Waals surface area contributed by atoms with E-state index < -0.39 is 0 Å². The third-order valence-electron chi connectivity index (χ3n) is 3.87. The number of hydrogen-bond donors (Lipinski definition) is 2. The zero-order valence-electron chi connectivity index (χ0n) is 13.1. The van der Waals surface area contributed by atoms with Gasteiger partial charge in [-0.15, -0.1) is 0 Å². The number of aromatic amines is 1. The third kappa shape index (κ3) is 3.04. The summed E-state index contributed by atoms with van der Waals surface area (Å²) in [6.45, 7) is 2.93. The lowest BCUT2D eigenvalue weighted by Crippen LogP contribution is -2.16. The van der Waals surface area contributed by atoms with E-state index >= 15 is 0 Å². The van der Waals surface area contributed by atoms with Crippen molar-refractivity contribution in [2.75, 3.05) is 23.8 Å². The molecule has 0 spiro atoms. The van der Waals surface area contributed by atoms with Crippen LogP contribution in [-0.4, -0.2) is 24.5 Å². The van der Waals surface area contributed by atoms with Crippen molar-refractivity contribution in [3.63, 3.8) is 0 Å². The number of nitrogens with one attached hydrogen (secondary N) is 2. The maximum absolute atomic E-state index is 13.7. The highest BCUT2D eigenvalue weighted by atomic mass is 19.1. The predicted octanol–water partition coefficient (Wildman–Crippen LogP) is 4.02. The number of nitrogens with zero attached hydrogens (tertiary/aromatic N) is 1. The van der Waals surface area contributed by atoms with E-state index in [1.165, 1.54) is 12.1 Å². The van der Waals surface area contributed by atoms with Crippen molar-refractivity contribution in [1.29, 1.82) is 0 Å². The number of benzene rings is 2. The first-order valence-electron chi connectivity index (χ1n) is 7.48. The summed E-state index contributed by atoms with van der Waals surface area (Å²) in [7, 11) is 1.99. The Labute approximate surface area is 133 Å². The molecule has 0 aliphatic carbocycles. The van der Waals surface area contributed by atoms with Crippen molar-refractivity contribution < 1.29 is 9.18 Å². The molecule has 0 saturated heterocycles. The van der Waals surface area contributed by atoms with Gasteiger partial charge in [0.25, 0.3) is 5.91 Å². The Kier molecular flexibility index (Phi) is 4.02. The number of aromatic nitrogens is 1. The molecule has 1 amide bonds. The smallest absolute Gasteiger partial charge is 0.272 e. The highest BCUT2D eigenvalue weighted by Gasteiger charge is 2.12. The lowest BCUT2D eigenvalue weighted by atomic mass is 10.2. The Morgan fingerprint density at radius 2 is 2.00 bits per heavy atom. The molecule has 0 bridgehead atoms. The molecule has 5 heteroatoms. The van der Waals surface area contributed by atoms with E-state index in [-0.39, 0.29) is 11.7 Å². The number of fused-ring (bicyclic) bond motifs is 1. The molecule has 0 atom stereocenters. The lowest BCUT2D eigenvalue weighted by molar-refractivity contribution is 0.102. The van der Waals surface area contributed by atoms with Gasteiger partial charge >= 0.3 is 0 Å². The van der Waals surface area contributed by atoms with E-state index in [9.17, 15) is 9.18 Å². The van der Waals surface area contributed by atoms with Crippen molar-refractivity contribution in [2.45, 2.75) is 6.92 Å². The van der Waals surface area contributed by atoms with Crippen molar-refractivity contribution in [1.82, 2.24) is 4.98 Å². The quantitative estimate of drug-likeness (QED) is 0.764. The van der Waals surface area contributed by atoms with Gasteiger partial charge in [0.1, 0.15) is 11.5 Å². The molecule has 0 fully saturated rings. The maximum Gasteiger partial charge on any atom is 0.272 e. The first-order valence-corrected chi connectivity index (χ1v) is 7.48. The summed E-state index contributed by atoms with van der Waals surface area (Å²) in [5.74, 6) is -0.638. The summed E-state index contributed by atoms with van der Waals surface area (Å²) in [6.07, 6.45) is 0. The minimum atomic E-state index is -0.343. The van der Waals surface area contributed by atoms with Crippen LogP contribution >= 0.6 is 0 Å². The second-order valence-electron chi connectivity index (χ2n) is 5.40. The lowest BCUT2D eigenvalue weighted by Gasteiger charge is -2.17. The van der Waals surface area contributed by atoms with Gasteiger partial charge in [-0.2, -0.15) is 0 Å². The first-order chi connectivity index (χ1) is 11.1. The normalized spacial score (nSPS) is 10.7.